The molecule has 0 atom stereocenters. The molecule has 0 N–H and O–H groups in total. The third-order valence-corrected chi connectivity index (χ3v) is 0. The van der Waals surface area contributed by atoms with Crippen LogP contribution in [0.5, 0.6) is 0 Å². The average Bonchev–Trinajstić information content (AvgIpc) is 1.50. The molecule has 0 saturated carbocycles. The molecule has 0 aliphatic rings. The maximum atomic E-state index is 7.75. The Balaban J connectivity index is -0.00000000267. The smallest absolute Gasteiger partial charge is 0 e. The van der Waals surface area contributed by atoms with E-state index < -0.39 is 0 Å². The third kappa shape index (κ3) is 17600000. The molecule has 0 aromatic rings. The number of carbonyl (C=O) groups excluding carboxylic acids is 2. The number of hydrogen-bond acceptors (Lipinski definition) is 2. The molecule has 0 fully saturated rings. The fourth-order valence-corrected chi connectivity index (χ4v) is 0. The summed E-state index contributed by atoms with van der Waals surface area (Å²) in [6, 6.07) is 0. The van der Waals surface area contributed by atoms with Gasteiger partial charge in [-0.15, -0.1) is 0 Å². The van der Waals surface area contributed by atoms with E-state index in [4.69, 9.17) is 9.59 Å². The standard InChI is InChI=1S/2CHO.2CH3.Pd/c2*1-2;;;/h2*1H;2*1H3;/q4*-1;. The maximum absolute atomic E-state index is 7.75. The summed E-state index contributed by atoms with van der Waals surface area (Å²) in [5.74, 6) is 0. The van der Waals surface area contributed by atoms with E-state index in [1.165, 1.54) is 0 Å². The van der Waals surface area contributed by atoms with Crippen molar-refractivity contribution in [3.63, 3.8) is 0 Å². The van der Waals surface area contributed by atoms with Crippen LogP contribution in [0.25, 0.3) is 0 Å². The molecule has 0 bridgehead atoms. The average molecular weight is 195 g/mol. The van der Waals surface area contributed by atoms with Gasteiger partial charge in [0.2, 0.25) is 0 Å². The van der Waals surface area contributed by atoms with Crippen molar-refractivity contribution in [2.24, 2.45) is 0 Å². The molecule has 0 unspecified atom stereocenters. The summed E-state index contributed by atoms with van der Waals surface area (Å²) in [5, 5.41) is 0. The van der Waals surface area contributed by atoms with Crippen molar-refractivity contribution in [2.75, 3.05) is 0 Å². The predicted molar refractivity (Wildman–Crippen MR) is 26.3 cm³/mol. The Morgan fingerprint density at radius 1 is 0.714 bits per heavy atom. The molecule has 0 aromatic heterocycles. The van der Waals surface area contributed by atoms with Crippen LogP contribution in [-0.2, 0) is 30.0 Å². The fourth-order valence-electron chi connectivity index (χ4n) is 0. The van der Waals surface area contributed by atoms with E-state index in [0.29, 0.717) is 0 Å². The molecular formula is C4H8O2Pd-4. The van der Waals surface area contributed by atoms with Crippen LogP contribution in [0, 0.1) is 14.9 Å². The Morgan fingerprint density at radius 2 is 0.714 bits per heavy atom. The van der Waals surface area contributed by atoms with Gasteiger partial charge in [0.05, 0.1) is 0 Å². The van der Waals surface area contributed by atoms with Crippen molar-refractivity contribution in [2.45, 2.75) is 0 Å². The Hall–Kier alpha value is 0.00234. The largest absolute Gasteiger partial charge is 0.545 e. The summed E-state index contributed by atoms with van der Waals surface area (Å²) in [6.07, 6.45) is 0. The zero-order valence-electron chi connectivity index (χ0n) is 4.29. The van der Waals surface area contributed by atoms with Gasteiger partial charge < -0.3 is 24.4 Å². The van der Waals surface area contributed by atoms with Crippen molar-refractivity contribution >= 4 is 13.6 Å². The van der Waals surface area contributed by atoms with Gasteiger partial charge in [-0.25, -0.2) is 0 Å². The first-order chi connectivity index (χ1) is 2.00. The Morgan fingerprint density at radius 3 is 0.714 bits per heavy atom. The SMILES string of the molecule is [CH-]=O.[CH-]=O.[CH3-].[CH3-].[Pd]. The van der Waals surface area contributed by atoms with E-state index in [1.807, 2.05) is 0 Å². The fraction of sp³-hybridized carbons (Fsp3) is 0. The predicted octanol–water partition coefficient (Wildman–Crippen LogP) is 0.350. The van der Waals surface area contributed by atoms with Crippen LogP contribution in [0.4, 0.5) is 0 Å². The van der Waals surface area contributed by atoms with Crippen LogP contribution in [0.3, 0.4) is 0 Å². The van der Waals surface area contributed by atoms with Crippen LogP contribution in [-0.4, -0.2) is 13.6 Å². The van der Waals surface area contributed by atoms with Gasteiger partial charge in [-0.1, -0.05) is 0 Å². The maximum Gasteiger partial charge on any atom is 0 e. The summed E-state index contributed by atoms with van der Waals surface area (Å²) in [4.78, 5) is 15.5. The minimum atomic E-state index is 0. The van der Waals surface area contributed by atoms with Crippen molar-refractivity contribution in [3.8, 4) is 0 Å². The van der Waals surface area contributed by atoms with Crippen molar-refractivity contribution in [1.82, 2.24) is 0 Å². The molecule has 50 valence electrons. The van der Waals surface area contributed by atoms with E-state index in [1.54, 1.807) is 0 Å². The Kier molecular flexibility index (Phi) is 247000000. The molecule has 3 heteroatoms. The number of hydrogen-bond donors (Lipinski definition) is 0. The van der Waals surface area contributed by atoms with Gasteiger partial charge in [0.25, 0.3) is 0 Å². The second kappa shape index (κ2) is 27500000. The molecular weight excluding hydrogens is 186 g/mol. The normalized spacial score (nSPS) is 1.14. The first kappa shape index (κ1) is 62.9. The first-order valence-electron chi connectivity index (χ1n) is 0.471. The number of rotatable bonds is 0. The molecule has 2 nitrogen and oxygen atoms in total. The van der Waals surface area contributed by atoms with Crippen LogP contribution in [0.1, 0.15) is 0 Å². The molecule has 0 aromatic carbocycles. The summed E-state index contributed by atoms with van der Waals surface area (Å²) in [6.45, 7) is 6.50. The van der Waals surface area contributed by atoms with Crippen LogP contribution >= 0.6 is 0 Å². The first-order valence-corrected chi connectivity index (χ1v) is 0.471. The summed E-state index contributed by atoms with van der Waals surface area (Å²) in [5.41, 5.74) is 0. The van der Waals surface area contributed by atoms with Crippen molar-refractivity contribution in [1.29, 1.82) is 0 Å². The molecule has 0 rings (SSSR count). The van der Waals surface area contributed by atoms with Crippen molar-refractivity contribution in [3.05, 3.63) is 14.9 Å². The topological polar surface area (TPSA) is 34.1 Å². The van der Waals surface area contributed by atoms with Crippen LogP contribution in [0.2, 0.25) is 0 Å². The van der Waals surface area contributed by atoms with Gasteiger partial charge in [-0.2, -0.15) is 0 Å². The molecule has 0 amide bonds. The Labute approximate surface area is 59.0 Å². The molecule has 0 aliphatic heterocycles. The van der Waals surface area contributed by atoms with Gasteiger partial charge in [0.15, 0.2) is 0 Å². The van der Waals surface area contributed by atoms with Gasteiger partial charge in [0.1, 0.15) is 0 Å². The summed E-state index contributed by atoms with van der Waals surface area (Å²) < 4.78 is 0. The monoisotopic (exact) mass is 194 g/mol. The van der Waals surface area contributed by atoms with Gasteiger partial charge >= 0.3 is 0 Å². The van der Waals surface area contributed by atoms with Gasteiger partial charge in [0, 0.05) is 20.4 Å². The van der Waals surface area contributed by atoms with E-state index in [2.05, 4.69) is 13.6 Å². The van der Waals surface area contributed by atoms with E-state index in [9.17, 15) is 0 Å². The van der Waals surface area contributed by atoms with E-state index in [-0.39, 0.29) is 35.3 Å². The second-order valence-electron chi connectivity index (χ2n) is 0. The molecule has 0 spiro atoms. The zero-order valence-corrected chi connectivity index (χ0v) is 5.84. The van der Waals surface area contributed by atoms with E-state index >= 15 is 0 Å². The van der Waals surface area contributed by atoms with Crippen molar-refractivity contribution < 1.29 is 30.0 Å². The Bertz CT molecular complexity index is 11.7. The summed E-state index contributed by atoms with van der Waals surface area (Å²) >= 11 is 0. The zero-order chi connectivity index (χ0) is 4.00. The quantitative estimate of drug-likeness (QED) is 0.317. The molecule has 0 saturated heterocycles. The molecule has 7 heavy (non-hydrogen) atoms. The molecule has 0 aliphatic carbocycles. The minimum Gasteiger partial charge on any atom is -0.545 e. The van der Waals surface area contributed by atoms with E-state index in [0.717, 1.165) is 0 Å². The second-order valence-corrected chi connectivity index (χ2v) is 0. The van der Waals surface area contributed by atoms with Gasteiger partial charge in [-0.05, 0) is 0 Å². The molecule has 0 radical (unpaired) electrons. The molecule has 0 heterocycles. The van der Waals surface area contributed by atoms with Crippen LogP contribution < -0.4 is 0 Å². The summed E-state index contributed by atoms with van der Waals surface area (Å²) in [7, 11) is 0. The minimum absolute atomic E-state index is 0. The van der Waals surface area contributed by atoms with Gasteiger partial charge in [-0.3, -0.25) is 13.6 Å². The van der Waals surface area contributed by atoms with Crippen LogP contribution in [0.15, 0.2) is 0 Å². The third-order valence-electron chi connectivity index (χ3n) is 0.